The molecule has 0 aliphatic carbocycles. The summed E-state index contributed by atoms with van der Waals surface area (Å²) in [5, 5.41) is 1.29. The number of rotatable bonds is 7. The second-order valence-electron chi connectivity index (χ2n) is 4.64. The van der Waals surface area contributed by atoms with Crippen molar-refractivity contribution < 1.29 is 19.2 Å². The topological polar surface area (TPSA) is 48.0 Å². The molecule has 0 N–H and O–H groups in total. The predicted molar refractivity (Wildman–Crippen MR) is 89.3 cm³/mol. The standard InChI is InChI=1S/C18H19NO4/c1-21-17-6-4-5-15(13-17)18(20)12-9-14-7-10-16(11-8-14)19(22-2)23-3/h4-13H,1-3H3/b12-9+. The molecule has 0 saturated carbocycles. The van der Waals surface area contributed by atoms with E-state index in [0.717, 1.165) is 11.3 Å². The summed E-state index contributed by atoms with van der Waals surface area (Å²) in [6.45, 7) is 0. The molecule has 23 heavy (non-hydrogen) atoms. The van der Waals surface area contributed by atoms with Gasteiger partial charge in [0.25, 0.3) is 0 Å². The second kappa shape index (κ2) is 8.12. The molecule has 120 valence electrons. The number of benzene rings is 2. The number of ketones is 1. The third-order valence-electron chi connectivity index (χ3n) is 3.22. The average Bonchev–Trinajstić information content (AvgIpc) is 2.61. The summed E-state index contributed by atoms with van der Waals surface area (Å²) in [5.41, 5.74) is 2.24. The van der Waals surface area contributed by atoms with Gasteiger partial charge in [0.2, 0.25) is 0 Å². The molecule has 0 radical (unpaired) electrons. The van der Waals surface area contributed by atoms with Gasteiger partial charge in [0.15, 0.2) is 5.78 Å². The molecule has 0 bridgehead atoms. The van der Waals surface area contributed by atoms with E-state index in [1.807, 2.05) is 24.3 Å². The lowest BCUT2D eigenvalue weighted by atomic mass is 10.1. The van der Waals surface area contributed by atoms with Gasteiger partial charge < -0.3 is 4.74 Å². The van der Waals surface area contributed by atoms with Crippen LogP contribution in [0.1, 0.15) is 15.9 Å². The summed E-state index contributed by atoms with van der Waals surface area (Å²) < 4.78 is 5.12. The fourth-order valence-electron chi connectivity index (χ4n) is 2.04. The van der Waals surface area contributed by atoms with Gasteiger partial charge in [-0.3, -0.25) is 14.5 Å². The van der Waals surface area contributed by atoms with Crippen LogP contribution < -0.4 is 9.96 Å². The lowest BCUT2D eigenvalue weighted by Crippen LogP contribution is -2.19. The summed E-state index contributed by atoms with van der Waals surface area (Å²) in [7, 11) is 4.61. The Bertz CT molecular complexity index is 676. The number of carbonyl (C=O) groups is 1. The highest BCUT2D eigenvalue weighted by Crippen LogP contribution is 2.17. The van der Waals surface area contributed by atoms with Crippen molar-refractivity contribution in [3.63, 3.8) is 0 Å². The molecule has 0 saturated heterocycles. The van der Waals surface area contributed by atoms with Crippen LogP contribution in [0.15, 0.2) is 54.6 Å². The maximum Gasteiger partial charge on any atom is 0.185 e. The highest BCUT2D eigenvalue weighted by molar-refractivity contribution is 6.07. The largest absolute Gasteiger partial charge is 0.497 e. The van der Waals surface area contributed by atoms with Crippen LogP contribution in [0.5, 0.6) is 5.75 Å². The molecule has 2 aromatic carbocycles. The number of hydrogen-bond donors (Lipinski definition) is 0. The normalized spacial score (nSPS) is 10.7. The van der Waals surface area contributed by atoms with E-state index >= 15 is 0 Å². The summed E-state index contributed by atoms with van der Waals surface area (Å²) in [6, 6.07) is 14.5. The van der Waals surface area contributed by atoms with Crippen LogP contribution in [-0.4, -0.2) is 27.1 Å². The average molecular weight is 313 g/mol. The fraction of sp³-hybridized carbons (Fsp3) is 0.167. The van der Waals surface area contributed by atoms with Crippen LogP contribution in [-0.2, 0) is 9.68 Å². The van der Waals surface area contributed by atoms with Gasteiger partial charge in [-0.25, -0.2) is 0 Å². The van der Waals surface area contributed by atoms with Gasteiger partial charge >= 0.3 is 0 Å². The van der Waals surface area contributed by atoms with Crippen molar-refractivity contribution in [2.45, 2.75) is 0 Å². The molecule has 0 unspecified atom stereocenters. The van der Waals surface area contributed by atoms with E-state index in [1.54, 1.807) is 37.5 Å². The maximum atomic E-state index is 12.2. The number of hydrogen-bond acceptors (Lipinski definition) is 5. The zero-order valence-electron chi connectivity index (χ0n) is 13.4. The highest BCUT2D eigenvalue weighted by Gasteiger charge is 2.05. The summed E-state index contributed by atoms with van der Waals surface area (Å²) in [6.07, 6.45) is 3.30. The van der Waals surface area contributed by atoms with Crippen LogP contribution in [0.4, 0.5) is 5.69 Å². The molecule has 0 amide bonds. The quantitative estimate of drug-likeness (QED) is 0.445. The molecule has 5 heteroatoms. The third-order valence-corrected chi connectivity index (χ3v) is 3.22. The Morgan fingerprint density at radius 2 is 1.70 bits per heavy atom. The van der Waals surface area contributed by atoms with Crippen LogP contribution in [0.3, 0.4) is 0 Å². The van der Waals surface area contributed by atoms with Crippen molar-refractivity contribution in [1.29, 1.82) is 0 Å². The SMILES string of the molecule is COc1cccc(C(=O)/C=C/c2ccc(N(OC)OC)cc2)c1. The lowest BCUT2D eigenvalue weighted by molar-refractivity contribution is -0.0433. The van der Waals surface area contributed by atoms with Gasteiger partial charge in [0.05, 0.1) is 27.0 Å². The van der Waals surface area contributed by atoms with Crippen LogP contribution >= 0.6 is 0 Å². The molecule has 0 spiro atoms. The van der Waals surface area contributed by atoms with E-state index in [-0.39, 0.29) is 5.78 Å². The van der Waals surface area contributed by atoms with Crippen LogP contribution in [0, 0.1) is 0 Å². The Labute approximate surface area is 135 Å². The van der Waals surface area contributed by atoms with Crippen molar-refractivity contribution in [3.05, 3.63) is 65.7 Å². The lowest BCUT2D eigenvalue weighted by Gasteiger charge is -2.17. The van der Waals surface area contributed by atoms with Crippen LogP contribution in [0.2, 0.25) is 0 Å². The summed E-state index contributed by atoms with van der Waals surface area (Å²) in [4.78, 5) is 22.2. The van der Waals surface area contributed by atoms with Gasteiger partial charge in [-0.05, 0) is 35.9 Å². The number of allylic oxidation sites excluding steroid dienone is 1. The molecule has 5 nitrogen and oxygen atoms in total. The zero-order valence-corrected chi connectivity index (χ0v) is 13.4. The third kappa shape index (κ3) is 4.42. The maximum absolute atomic E-state index is 12.2. The molecule has 0 heterocycles. The number of ether oxygens (including phenoxy) is 1. The first kappa shape index (κ1) is 16.7. The van der Waals surface area contributed by atoms with Crippen molar-refractivity contribution in [1.82, 2.24) is 0 Å². The van der Waals surface area contributed by atoms with Crippen molar-refractivity contribution in [3.8, 4) is 5.75 Å². The Morgan fingerprint density at radius 3 is 2.30 bits per heavy atom. The van der Waals surface area contributed by atoms with E-state index in [9.17, 15) is 4.79 Å². The van der Waals surface area contributed by atoms with Crippen LogP contribution in [0.25, 0.3) is 6.08 Å². The molecule has 2 aromatic rings. The van der Waals surface area contributed by atoms with Gasteiger partial charge in [0, 0.05) is 5.56 Å². The van der Waals surface area contributed by atoms with Crippen molar-refractivity contribution in [2.24, 2.45) is 0 Å². The fourth-order valence-corrected chi connectivity index (χ4v) is 2.04. The molecule has 0 aliphatic heterocycles. The predicted octanol–water partition coefficient (Wildman–Crippen LogP) is 3.52. The number of carbonyl (C=O) groups excluding carboxylic acids is 1. The van der Waals surface area contributed by atoms with E-state index in [1.165, 1.54) is 25.5 Å². The van der Waals surface area contributed by atoms with Gasteiger partial charge in [-0.1, -0.05) is 30.3 Å². The summed E-state index contributed by atoms with van der Waals surface area (Å²) in [5.74, 6) is 0.580. The molecule has 0 atom stereocenters. The monoisotopic (exact) mass is 313 g/mol. The first-order valence-electron chi connectivity index (χ1n) is 7.03. The van der Waals surface area contributed by atoms with E-state index < -0.39 is 0 Å². The minimum Gasteiger partial charge on any atom is -0.497 e. The molecule has 2 rings (SSSR count). The zero-order chi connectivity index (χ0) is 16.7. The van der Waals surface area contributed by atoms with Crippen molar-refractivity contribution >= 4 is 17.5 Å². The first-order valence-corrected chi connectivity index (χ1v) is 7.03. The Hall–Kier alpha value is -2.63. The van der Waals surface area contributed by atoms with E-state index in [4.69, 9.17) is 14.4 Å². The Kier molecular flexibility index (Phi) is 5.91. The molecular formula is C18H19NO4. The minimum atomic E-state index is -0.0802. The molecular weight excluding hydrogens is 294 g/mol. The van der Waals surface area contributed by atoms with Gasteiger partial charge in [-0.15, -0.1) is 5.23 Å². The Balaban J connectivity index is 2.08. The second-order valence-corrected chi connectivity index (χ2v) is 4.64. The number of anilines is 1. The minimum absolute atomic E-state index is 0.0802. The van der Waals surface area contributed by atoms with E-state index in [2.05, 4.69) is 0 Å². The molecule has 0 fully saturated rings. The molecule has 0 aromatic heterocycles. The van der Waals surface area contributed by atoms with E-state index in [0.29, 0.717) is 11.3 Å². The highest BCUT2D eigenvalue weighted by atomic mass is 16.9. The Morgan fingerprint density at radius 1 is 1.00 bits per heavy atom. The number of methoxy groups -OCH3 is 1. The molecule has 0 aliphatic rings. The van der Waals surface area contributed by atoms with Gasteiger partial charge in [0.1, 0.15) is 5.75 Å². The van der Waals surface area contributed by atoms with Gasteiger partial charge in [-0.2, -0.15) is 0 Å². The first-order chi connectivity index (χ1) is 11.2. The van der Waals surface area contributed by atoms with Crippen molar-refractivity contribution in [2.75, 3.05) is 26.6 Å². The summed E-state index contributed by atoms with van der Waals surface area (Å²) >= 11 is 0. The smallest absolute Gasteiger partial charge is 0.185 e. The number of nitrogens with zero attached hydrogens (tertiary/aromatic N) is 1.